The SMILES string of the molecule is CC(C)(NC(=O)CCOc1ccccc1)c1cccc(Cl)c1. The van der Waals surface area contributed by atoms with Gasteiger partial charge in [0.25, 0.3) is 0 Å². The summed E-state index contributed by atoms with van der Waals surface area (Å²) in [5, 5.41) is 3.67. The minimum Gasteiger partial charge on any atom is -0.493 e. The Balaban J connectivity index is 1.85. The Morgan fingerprint density at radius 3 is 2.55 bits per heavy atom. The predicted octanol–water partition coefficient (Wildman–Crippen LogP) is 4.16. The van der Waals surface area contributed by atoms with Gasteiger partial charge in [-0.3, -0.25) is 4.79 Å². The second-order valence-corrected chi connectivity index (χ2v) is 6.03. The van der Waals surface area contributed by atoms with Gasteiger partial charge in [-0.15, -0.1) is 0 Å². The van der Waals surface area contributed by atoms with Crippen LogP contribution in [-0.4, -0.2) is 12.5 Å². The number of nitrogens with one attached hydrogen (secondary N) is 1. The van der Waals surface area contributed by atoms with E-state index >= 15 is 0 Å². The molecule has 0 unspecified atom stereocenters. The maximum Gasteiger partial charge on any atom is 0.224 e. The van der Waals surface area contributed by atoms with Gasteiger partial charge < -0.3 is 10.1 Å². The molecule has 2 aromatic rings. The number of benzene rings is 2. The molecule has 0 spiro atoms. The molecule has 0 radical (unpaired) electrons. The van der Waals surface area contributed by atoms with Crippen molar-refractivity contribution in [2.75, 3.05) is 6.61 Å². The highest BCUT2D eigenvalue weighted by Crippen LogP contribution is 2.23. The second-order valence-electron chi connectivity index (χ2n) is 5.60. The highest BCUT2D eigenvalue weighted by Gasteiger charge is 2.22. The minimum atomic E-state index is -0.477. The second kappa shape index (κ2) is 7.32. The molecule has 0 aliphatic carbocycles. The van der Waals surface area contributed by atoms with Crippen LogP contribution in [-0.2, 0) is 10.3 Å². The average molecular weight is 318 g/mol. The molecule has 1 N–H and O–H groups in total. The molecule has 0 heterocycles. The van der Waals surface area contributed by atoms with E-state index in [1.807, 2.05) is 68.4 Å². The molecule has 0 saturated heterocycles. The molecule has 0 saturated carbocycles. The van der Waals surface area contributed by atoms with E-state index in [-0.39, 0.29) is 5.91 Å². The van der Waals surface area contributed by atoms with Gasteiger partial charge in [0.15, 0.2) is 0 Å². The number of rotatable bonds is 6. The largest absolute Gasteiger partial charge is 0.493 e. The normalized spacial score (nSPS) is 11.0. The molecule has 1 amide bonds. The van der Waals surface area contributed by atoms with Gasteiger partial charge in [0, 0.05) is 5.02 Å². The molecule has 3 nitrogen and oxygen atoms in total. The first-order valence-electron chi connectivity index (χ1n) is 7.22. The van der Waals surface area contributed by atoms with Gasteiger partial charge in [-0.25, -0.2) is 0 Å². The number of halogens is 1. The van der Waals surface area contributed by atoms with Gasteiger partial charge in [-0.05, 0) is 43.7 Å². The van der Waals surface area contributed by atoms with Crippen molar-refractivity contribution in [3.8, 4) is 5.75 Å². The first-order chi connectivity index (χ1) is 10.5. The first-order valence-corrected chi connectivity index (χ1v) is 7.60. The predicted molar refractivity (Wildman–Crippen MR) is 89.2 cm³/mol. The fraction of sp³-hybridized carbons (Fsp3) is 0.278. The summed E-state index contributed by atoms with van der Waals surface area (Å²) in [7, 11) is 0. The number of ether oxygens (including phenoxy) is 1. The van der Waals surface area contributed by atoms with Crippen LogP contribution in [0.4, 0.5) is 0 Å². The molecular weight excluding hydrogens is 298 g/mol. The number of hydrogen-bond acceptors (Lipinski definition) is 2. The fourth-order valence-electron chi connectivity index (χ4n) is 2.14. The van der Waals surface area contributed by atoms with Gasteiger partial charge in [0.2, 0.25) is 5.91 Å². The molecule has 22 heavy (non-hydrogen) atoms. The first kappa shape index (κ1) is 16.4. The van der Waals surface area contributed by atoms with E-state index in [2.05, 4.69) is 5.32 Å². The third-order valence-corrected chi connectivity index (χ3v) is 3.57. The number of amides is 1. The molecule has 2 rings (SSSR count). The summed E-state index contributed by atoms with van der Waals surface area (Å²) in [5.41, 5.74) is 0.492. The summed E-state index contributed by atoms with van der Waals surface area (Å²) in [4.78, 5) is 12.1. The lowest BCUT2D eigenvalue weighted by atomic mass is 9.94. The average Bonchev–Trinajstić information content (AvgIpc) is 2.48. The topological polar surface area (TPSA) is 38.3 Å². The van der Waals surface area contributed by atoms with Crippen LogP contribution in [0.5, 0.6) is 5.75 Å². The highest BCUT2D eigenvalue weighted by atomic mass is 35.5. The van der Waals surface area contributed by atoms with Crippen molar-refractivity contribution in [3.63, 3.8) is 0 Å². The fourth-order valence-corrected chi connectivity index (χ4v) is 2.33. The summed E-state index contributed by atoms with van der Waals surface area (Å²) in [6, 6.07) is 17.0. The molecule has 0 aliphatic rings. The van der Waals surface area contributed by atoms with E-state index in [9.17, 15) is 4.79 Å². The molecule has 0 aromatic heterocycles. The molecule has 116 valence electrons. The molecule has 4 heteroatoms. The maximum absolute atomic E-state index is 12.1. The third kappa shape index (κ3) is 4.78. The van der Waals surface area contributed by atoms with Crippen LogP contribution in [0, 0.1) is 0 Å². The molecule has 2 aromatic carbocycles. The Bertz CT molecular complexity index is 626. The molecule has 0 atom stereocenters. The lowest BCUT2D eigenvalue weighted by Crippen LogP contribution is -2.41. The van der Waals surface area contributed by atoms with Crippen LogP contribution in [0.1, 0.15) is 25.8 Å². The van der Waals surface area contributed by atoms with Gasteiger partial charge in [0.05, 0.1) is 18.6 Å². The van der Waals surface area contributed by atoms with Crippen LogP contribution in [0.2, 0.25) is 5.02 Å². The van der Waals surface area contributed by atoms with E-state index in [1.165, 1.54) is 0 Å². The number of hydrogen-bond donors (Lipinski definition) is 1. The van der Waals surface area contributed by atoms with Crippen LogP contribution in [0.3, 0.4) is 0 Å². The zero-order valence-electron chi connectivity index (χ0n) is 12.8. The van der Waals surface area contributed by atoms with E-state index in [4.69, 9.17) is 16.3 Å². The van der Waals surface area contributed by atoms with Crippen molar-refractivity contribution in [2.24, 2.45) is 0 Å². The van der Waals surface area contributed by atoms with Crippen molar-refractivity contribution in [1.29, 1.82) is 0 Å². The summed E-state index contributed by atoms with van der Waals surface area (Å²) in [6.45, 7) is 4.25. The molecule has 0 fully saturated rings. The van der Waals surface area contributed by atoms with Gasteiger partial charge in [-0.2, -0.15) is 0 Å². The lowest BCUT2D eigenvalue weighted by molar-refractivity contribution is -0.123. The standard InChI is InChI=1S/C18H20ClNO2/c1-18(2,14-7-6-8-15(19)13-14)20-17(21)11-12-22-16-9-4-3-5-10-16/h3-10,13H,11-12H2,1-2H3,(H,20,21). The van der Waals surface area contributed by atoms with E-state index in [0.717, 1.165) is 11.3 Å². The zero-order chi connectivity index (χ0) is 16.0. The Morgan fingerprint density at radius 2 is 1.86 bits per heavy atom. The Kier molecular flexibility index (Phi) is 5.45. The quantitative estimate of drug-likeness (QED) is 0.868. The maximum atomic E-state index is 12.1. The summed E-state index contributed by atoms with van der Waals surface area (Å²) < 4.78 is 5.53. The monoisotopic (exact) mass is 317 g/mol. The summed E-state index contributed by atoms with van der Waals surface area (Å²) in [6.07, 6.45) is 0.304. The molecule has 0 bridgehead atoms. The lowest BCUT2D eigenvalue weighted by Gasteiger charge is -2.27. The summed E-state index contributed by atoms with van der Waals surface area (Å²) >= 11 is 6.01. The Hall–Kier alpha value is -2.00. The Labute approximate surface area is 136 Å². The van der Waals surface area contributed by atoms with Crippen molar-refractivity contribution in [2.45, 2.75) is 25.8 Å². The number of para-hydroxylation sites is 1. The van der Waals surface area contributed by atoms with Gasteiger partial charge in [0.1, 0.15) is 5.75 Å². The van der Waals surface area contributed by atoms with E-state index in [1.54, 1.807) is 0 Å². The van der Waals surface area contributed by atoms with E-state index in [0.29, 0.717) is 18.1 Å². The van der Waals surface area contributed by atoms with Gasteiger partial charge in [-0.1, -0.05) is 41.9 Å². The van der Waals surface area contributed by atoms with Crippen LogP contribution in [0.15, 0.2) is 54.6 Å². The Morgan fingerprint density at radius 1 is 1.14 bits per heavy atom. The van der Waals surface area contributed by atoms with Gasteiger partial charge >= 0.3 is 0 Å². The van der Waals surface area contributed by atoms with Crippen LogP contribution in [0.25, 0.3) is 0 Å². The van der Waals surface area contributed by atoms with Crippen LogP contribution >= 0.6 is 11.6 Å². The van der Waals surface area contributed by atoms with E-state index < -0.39 is 5.54 Å². The van der Waals surface area contributed by atoms with Crippen molar-refractivity contribution >= 4 is 17.5 Å². The smallest absolute Gasteiger partial charge is 0.224 e. The molecular formula is C18H20ClNO2. The van der Waals surface area contributed by atoms with Crippen molar-refractivity contribution < 1.29 is 9.53 Å². The number of carbonyl (C=O) groups is 1. The third-order valence-electron chi connectivity index (χ3n) is 3.34. The zero-order valence-corrected chi connectivity index (χ0v) is 13.6. The van der Waals surface area contributed by atoms with Crippen molar-refractivity contribution in [3.05, 3.63) is 65.2 Å². The summed E-state index contributed by atoms with van der Waals surface area (Å²) in [5.74, 6) is 0.713. The highest BCUT2D eigenvalue weighted by molar-refractivity contribution is 6.30. The van der Waals surface area contributed by atoms with Crippen LogP contribution < -0.4 is 10.1 Å². The minimum absolute atomic E-state index is 0.0547. The molecule has 0 aliphatic heterocycles. The van der Waals surface area contributed by atoms with Crippen molar-refractivity contribution in [1.82, 2.24) is 5.32 Å². The number of carbonyl (C=O) groups excluding carboxylic acids is 1.